The largest absolute Gasteiger partial charge is 0.361 e. The molecule has 0 fully saturated rings. The zero-order valence-electron chi connectivity index (χ0n) is 13.0. The minimum atomic E-state index is 0.638. The molecule has 3 rings (SSSR count). The van der Waals surface area contributed by atoms with Crippen LogP contribution >= 0.6 is 0 Å². The van der Waals surface area contributed by atoms with Gasteiger partial charge < -0.3 is 14.4 Å². The molecular formula is C15H23N5O. The lowest BCUT2D eigenvalue weighted by molar-refractivity contribution is 0.342. The van der Waals surface area contributed by atoms with E-state index in [0.29, 0.717) is 5.92 Å². The Labute approximate surface area is 124 Å². The zero-order valence-corrected chi connectivity index (χ0v) is 13.0. The molecule has 0 aliphatic carbocycles. The molecule has 0 bridgehead atoms. The topological polar surface area (TPSA) is 68.8 Å². The van der Waals surface area contributed by atoms with Gasteiger partial charge in [0, 0.05) is 31.5 Å². The number of nitrogens with one attached hydrogen (secondary N) is 1. The van der Waals surface area contributed by atoms with Crippen LogP contribution in [0, 0.1) is 19.8 Å². The fourth-order valence-corrected chi connectivity index (χ4v) is 3.03. The maximum absolute atomic E-state index is 5.19. The van der Waals surface area contributed by atoms with Crippen LogP contribution in [0.1, 0.15) is 42.0 Å². The second-order valence-electron chi connectivity index (χ2n) is 5.83. The van der Waals surface area contributed by atoms with Crippen LogP contribution in [0.2, 0.25) is 0 Å². The Morgan fingerprint density at radius 3 is 2.90 bits per heavy atom. The van der Waals surface area contributed by atoms with Crippen molar-refractivity contribution in [1.29, 1.82) is 0 Å². The summed E-state index contributed by atoms with van der Waals surface area (Å²) < 4.78 is 7.49. The molecule has 0 spiro atoms. The maximum atomic E-state index is 5.19. The molecule has 0 amide bonds. The Balaban J connectivity index is 1.55. The van der Waals surface area contributed by atoms with Gasteiger partial charge in [-0.1, -0.05) is 12.1 Å². The number of fused-ring (bicyclic) bond motifs is 1. The molecule has 1 N–H and O–H groups in total. The molecule has 114 valence electrons. The predicted octanol–water partition coefficient (Wildman–Crippen LogP) is 1.80. The van der Waals surface area contributed by atoms with Gasteiger partial charge in [-0.25, -0.2) is 0 Å². The summed E-state index contributed by atoms with van der Waals surface area (Å²) in [5, 5.41) is 16.1. The van der Waals surface area contributed by atoms with E-state index >= 15 is 0 Å². The van der Waals surface area contributed by atoms with Crippen molar-refractivity contribution < 1.29 is 4.52 Å². The number of aromatic nitrogens is 4. The summed E-state index contributed by atoms with van der Waals surface area (Å²) in [6.07, 6.45) is 3.16. The first-order chi connectivity index (χ1) is 10.2. The van der Waals surface area contributed by atoms with Crippen LogP contribution in [0.5, 0.6) is 0 Å². The van der Waals surface area contributed by atoms with E-state index in [-0.39, 0.29) is 0 Å². The van der Waals surface area contributed by atoms with Gasteiger partial charge in [-0.15, -0.1) is 10.2 Å². The van der Waals surface area contributed by atoms with Crippen molar-refractivity contribution >= 4 is 0 Å². The first-order valence-corrected chi connectivity index (χ1v) is 7.72. The highest BCUT2D eigenvalue weighted by molar-refractivity contribution is 5.20. The van der Waals surface area contributed by atoms with Gasteiger partial charge >= 0.3 is 0 Å². The van der Waals surface area contributed by atoms with Crippen LogP contribution in [0.3, 0.4) is 0 Å². The molecule has 1 atom stereocenters. The second kappa shape index (κ2) is 5.97. The van der Waals surface area contributed by atoms with Gasteiger partial charge in [0.2, 0.25) is 0 Å². The highest BCUT2D eigenvalue weighted by Crippen LogP contribution is 2.20. The summed E-state index contributed by atoms with van der Waals surface area (Å²) in [4.78, 5) is 0. The van der Waals surface area contributed by atoms with Gasteiger partial charge in [0.1, 0.15) is 17.4 Å². The molecule has 1 unspecified atom stereocenters. The minimum absolute atomic E-state index is 0.638. The van der Waals surface area contributed by atoms with Crippen molar-refractivity contribution in [3.05, 3.63) is 28.7 Å². The molecule has 21 heavy (non-hydrogen) atoms. The average Bonchev–Trinajstić information content (AvgIpc) is 3.04. The second-order valence-corrected chi connectivity index (χ2v) is 5.83. The van der Waals surface area contributed by atoms with Crippen molar-refractivity contribution in [2.75, 3.05) is 6.54 Å². The zero-order chi connectivity index (χ0) is 14.8. The quantitative estimate of drug-likeness (QED) is 0.909. The van der Waals surface area contributed by atoms with E-state index in [4.69, 9.17) is 4.52 Å². The smallest absolute Gasteiger partial charge is 0.138 e. The van der Waals surface area contributed by atoms with E-state index in [2.05, 4.69) is 32.2 Å². The standard InChI is InChI=1S/C15H23N5O/c1-4-14-17-18-15-6-5-12(9-20(14)15)7-16-8-13-10(2)19-21-11(13)3/h12,16H,4-9H2,1-3H3. The number of hydrogen-bond acceptors (Lipinski definition) is 5. The number of nitrogens with zero attached hydrogens (tertiary/aromatic N) is 4. The van der Waals surface area contributed by atoms with Crippen LogP contribution in [0.4, 0.5) is 0 Å². The Morgan fingerprint density at radius 1 is 1.33 bits per heavy atom. The maximum Gasteiger partial charge on any atom is 0.138 e. The first-order valence-electron chi connectivity index (χ1n) is 7.72. The molecule has 3 heterocycles. The van der Waals surface area contributed by atoms with Gasteiger partial charge in [-0.2, -0.15) is 0 Å². The lowest BCUT2D eigenvalue weighted by Gasteiger charge is -2.24. The fourth-order valence-electron chi connectivity index (χ4n) is 3.03. The molecule has 2 aromatic heterocycles. The Kier molecular flexibility index (Phi) is 4.05. The highest BCUT2D eigenvalue weighted by Gasteiger charge is 2.22. The van der Waals surface area contributed by atoms with Crippen LogP contribution in [-0.4, -0.2) is 26.5 Å². The van der Waals surface area contributed by atoms with Crippen LogP contribution in [-0.2, 0) is 25.9 Å². The van der Waals surface area contributed by atoms with Crippen LogP contribution < -0.4 is 5.32 Å². The summed E-state index contributed by atoms with van der Waals surface area (Å²) >= 11 is 0. The molecule has 1 aliphatic heterocycles. The van der Waals surface area contributed by atoms with E-state index in [1.165, 1.54) is 12.0 Å². The third-order valence-electron chi connectivity index (χ3n) is 4.35. The number of hydrogen-bond donors (Lipinski definition) is 1. The predicted molar refractivity (Wildman–Crippen MR) is 78.9 cm³/mol. The number of aryl methyl sites for hydroxylation is 4. The molecular weight excluding hydrogens is 266 g/mol. The van der Waals surface area contributed by atoms with Crippen molar-refractivity contribution in [3.63, 3.8) is 0 Å². The molecule has 0 saturated heterocycles. The molecule has 1 aliphatic rings. The van der Waals surface area contributed by atoms with Crippen LogP contribution in [0.15, 0.2) is 4.52 Å². The van der Waals surface area contributed by atoms with Gasteiger partial charge in [0.25, 0.3) is 0 Å². The summed E-state index contributed by atoms with van der Waals surface area (Å²) in [6.45, 7) is 8.95. The number of rotatable bonds is 5. The third-order valence-corrected chi connectivity index (χ3v) is 4.35. The summed E-state index contributed by atoms with van der Waals surface area (Å²) in [5.74, 6) is 3.81. The highest BCUT2D eigenvalue weighted by atomic mass is 16.5. The molecule has 0 saturated carbocycles. The first kappa shape index (κ1) is 14.3. The SMILES string of the molecule is CCc1nnc2n1CC(CNCc1c(C)noc1C)CC2. The van der Waals surface area contributed by atoms with Gasteiger partial charge in [0.15, 0.2) is 0 Å². The molecule has 0 radical (unpaired) electrons. The summed E-state index contributed by atoms with van der Waals surface area (Å²) in [7, 11) is 0. The van der Waals surface area contributed by atoms with E-state index in [9.17, 15) is 0 Å². The van der Waals surface area contributed by atoms with Crippen molar-refractivity contribution in [2.45, 2.75) is 53.1 Å². The molecule has 2 aromatic rings. The van der Waals surface area contributed by atoms with Crippen molar-refractivity contribution in [2.24, 2.45) is 5.92 Å². The van der Waals surface area contributed by atoms with E-state index in [1.807, 2.05) is 13.8 Å². The van der Waals surface area contributed by atoms with Crippen molar-refractivity contribution in [3.8, 4) is 0 Å². The Hall–Kier alpha value is -1.69. The van der Waals surface area contributed by atoms with Gasteiger partial charge in [0.05, 0.1) is 5.69 Å². The van der Waals surface area contributed by atoms with Crippen LogP contribution in [0.25, 0.3) is 0 Å². The lowest BCUT2D eigenvalue weighted by Crippen LogP contribution is -2.30. The monoisotopic (exact) mass is 289 g/mol. The molecule has 6 nitrogen and oxygen atoms in total. The lowest BCUT2D eigenvalue weighted by atomic mass is 9.99. The van der Waals surface area contributed by atoms with E-state index in [0.717, 1.165) is 55.6 Å². The normalized spacial score (nSPS) is 18.0. The van der Waals surface area contributed by atoms with Gasteiger partial charge in [-0.05, 0) is 32.7 Å². The molecule has 6 heteroatoms. The summed E-state index contributed by atoms with van der Waals surface area (Å²) in [6, 6.07) is 0. The van der Waals surface area contributed by atoms with Crippen molar-refractivity contribution in [1.82, 2.24) is 25.2 Å². The third kappa shape index (κ3) is 2.85. The molecule has 0 aromatic carbocycles. The average molecular weight is 289 g/mol. The minimum Gasteiger partial charge on any atom is -0.361 e. The van der Waals surface area contributed by atoms with E-state index < -0.39 is 0 Å². The Morgan fingerprint density at radius 2 is 2.19 bits per heavy atom. The fraction of sp³-hybridized carbons (Fsp3) is 0.667. The summed E-state index contributed by atoms with van der Waals surface area (Å²) in [5.41, 5.74) is 2.17. The van der Waals surface area contributed by atoms with Gasteiger partial charge in [-0.3, -0.25) is 0 Å². The van der Waals surface area contributed by atoms with E-state index in [1.54, 1.807) is 0 Å². The Bertz CT molecular complexity index is 583.